The summed E-state index contributed by atoms with van der Waals surface area (Å²) in [5.74, 6) is 0.987. The highest BCUT2D eigenvalue weighted by atomic mass is 32.1. The molecule has 2 aromatic heterocycles. The minimum Gasteiger partial charge on any atom is -0.457 e. The standard InChI is InChI=1S/C23H19N3O2S/c1-26-18(21-11-6-12-29-21)13-15(25-26)14-24-23(27)22-16-7-2-4-9-19(16)28-20-10-5-3-8-17(20)22/h2-13,22H,14H2,1H3,(H,24,27). The molecule has 0 bridgehead atoms. The molecule has 0 aliphatic carbocycles. The maximum Gasteiger partial charge on any atom is 0.232 e. The molecule has 5 rings (SSSR count). The first-order chi connectivity index (χ1) is 14.2. The minimum absolute atomic E-state index is 0.0588. The van der Waals surface area contributed by atoms with Crippen molar-refractivity contribution in [2.45, 2.75) is 12.5 Å². The molecule has 5 nitrogen and oxygen atoms in total. The lowest BCUT2D eigenvalue weighted by atomic mass is 9.87. The number of carbonyl (C=O) groups is 1. The molecule has 1 aliphatic rings. The zero-order valence-corrected chi connectivity index (χ0v) is 16.6. The summed E-state index contributed by atoms with van der Waals surface area (Å²) in [6.45, 7) is 0.375. The molecular formula is C23H19N3O2S. The second-order valence-electron chi connectivity index (χ2n) is 6.95. The van der Waals surface area contributed by atoms with Crippen LogP contribution in [0.2, 0.25) is 0 Å². The van der Waals surface area contributed by atoms with Crippen molar-refractivity contribution in [1.82, 2.24) is 15.1 Å². The molecule has 0 spiro atoms. The first-order valence-corrected chi connectivity index (χ1v) is 10.3. The number of aryl methyl sites for hydroxylation is 1. The average Bonchev–Trinajstić information content (AvgIpc) is 3.39. The van der Waals surface area contributed by atoms with Crippen molar-refractivity contribution in [2.75, 3.05) is 0 Å². The van der Waals surface area contributed by atoms with E-state index in [1.807, 2.05) is 77.8 Å². The summed E-state index contributed by atoms with van der Waals surface area (Å²) < 4.78 is 7.84. The Morgan fingerprint density at radius 1 is 1.07 bits per heavy atom. The van der Waals surface area contributed by atoms with Crippen LogP contribution in [0.1, 0.15) is 22.7 Å². The van der Waals surface area contributed by atoms with E-state index < -0.39 is 5.92 Å². The molecule has 1 aliphatic heterocycles. The summed E-state index contributed by atoms with van der Waals surface area (Å²) in [6.07, 6.45) is 0. The molecule has 1 N–H and O–H groups in total. The molecule has 6 heteroatoms. The van der Waals surface area contributed by atoms with E-state index >= 15 is 0 Å². The maximum atomic E-state index is 13.2. The fraction of sp³-hybridized carbons (Fsp3) is 0.130. The largest absolute Gasteiger partial charge is 0.457 e. The number of benzene rings is 2. The highest BCUT2D eigenvalue weighted by Gasteiger charge is 2.32. The molecule has 4 aromatic rings. The van der Waals surface area contributed by atoms with Gasteiger partial charge in [-0.2, -0.15) is 5.10 Å². The highest BCUT2D eigenvalue weighted by molar-refractivity contribution is 7.13. The molecule has 0 radical (unpaired) electrons. The van der Waals surface area contributed by atoms with Gasteiger partial charge in [-0.25, -0.2) is 0 Å². The van der Waals surface area contributed by atoms with Crippen molar-refractivity contribution in [3.8, 4) is 22.1 Å². The zero-order chi connectivity index (χ0) is 19.8. The number of carbonyl (C=O) groups excluding carboxylic acids is 1. The van der Waals surface area contributed by atoms with Gasteiger partial charge in [-0.3, -0.25) is 9.48 Å². The Bertz CT molecular complexity index is 1140. The fourth-order valence-corrected chi connectivity index (χ4v) is 4.51. The van der Waals surface area contributed by atoms with Gasteiger partial charge >= 0.3 is 0 Å². The van der Waals surface area contributed by atoms with Gasteiger partial charge < -0.3 is 10.1 Å². The topological polar surface area (TPSA) is 56.2 Å². The number of para-hydroxylation sites is 2. The molecule has 3 heterocycles. The molecule has 0 saturated carbocycles. The Morgan fingerprint density at radius 2 is 1.76 bits per heavy atom. The second-order valence-corrected chi connectivity index (χ2v) is 7.90. The number of thiophene rings is 1. The van der Waals surface area contributed by atoms with Gasteiger partial charge in [0.05, 0.1) is 28.7 Å². The minimum atomic E-state index is -0.406. The van der Waals surface area contributed by atoms with Crippen molar-refractivity contribution < 1.29 is 9.53 Å². The second kappa shape index (κ2) is 7.22. The number of rotatable bonds is 4. The lowest BCUT2D eigenvalue weighted by Gasteiger charge is -2.27. The van der Waals surface area contributed by atoms with Crippen molar-refractivity contribution in [3.05, 3.63) is 88.9 Å². The van der Waals surface area contributed by atoms with Gasteiger partial charge in [-0.1, -0.05) is 42.5 Å². The van der Waals surface area contributed by atoms with Crippen LogP contribution in [0.5, 0.6) is 11.5 Å². The Morgan fingerprint density at radius 3 is 2.41 bits per heavy atom. The number of ether oxygens (including phenoxy) is 1. The first kappa shape index (κ1) is 17.7. The number of nitrogens with zero attached hydrogens (tertiary/aromatic N) is 2. The molecule has 2 aromatic carbocycles. The molecule has 0 atom stereocenters. The van der Waals surface area contributed by atoms with Crippen molar-refractivity contribution in [1.29, 1.82) is 0 Å². The van der Waals surface area contributed by atoms with E-state index in [0.29, 0.717) is 6.54 Å². The van der Waals surface area contributed by atoms with Gasteiger partial charge in [0.25, 0.3) is 0 Å². The quantitative estimate of drug-likeness (QED) is 0.539. The molecule has 0 saturated heterocycles. The summed E-state index contributed by atoms with van der Waals surface area (Å²) in [6, 6.07) is 21.5. The number of hydrogen-bond donors (Lipinski definition) is 1. The third-order valence-electron chi connectivity index (χ3n) is 5.09. The predicted octanol–water partition coefficient (Wildman–Crippen LogP) is 4.70. The summed E-state index contributed by atoms with van der Waals surface area (Å²) in [4.78, 5) is 14.4. The highest BCUT2D eigenvalue weighted by Crippen LogP contribution is 2.43. The van der Waals surface area contributed by atoms with E-state index in [2.05, 4.69) is 16.5 Å². The number of amides is 1. The summed E-state index contributed by atoms with van der Waals surface area (Å²) in [5.41, 5.74) is 3.64. The zero-order valence-electron chi connectivity index (χ0n) is 15.8. The van der Waals surface area contributed by atoms with Gasteiger partial charge in [0, 0.05) is 18.2 Å². The van der Waals surface area contributed by atoms with E-state index in [0.717, 1.165) is 38.9 Å². The van der Waals surface area contributed by atoms with Crippen LogP contribution < -0.4 is 10.1 Å². The fourth-order valence-electron chi connectivity index (χ4n) is 3.74. The first-order valence-electron chi connectivity index (χ1n) is 9.41. The molecule has 1 amide bonds. The third-order valence-corrected chi connectivity index (χ3v) is 5.98. The van der Waals surface area contributed by atoms with Gasteiger partial charge in [0.1, 0.15) is 11.5 Å². The van der Waals surface area contributed by atoms with E-state index in [1.165, 1.54) is 0 Å². The number of aromatic nitrogens is 2. The van der Waals surface area contributed by atoms with E-state index in [9.17, 15) is 4.79 Å². The van der Waals surface area contributed by atoms with Crippen LogP contribution in [0.4, 0.5) is 0 Å². The molecule has 29 heavy (non-hydrogen) atoms. The van der Waals surface area contributed by atoms with E-state index in [1.54, 1.807) is 11.3 Å². The average molecular weight is 401 g/mol. The lowest BCUT2D eigenvalue weighted by molar-refractivity contribution is -0.122. The van der Waals surface area contributed by atoms with Crippen LogP contribution >= 0.6 is 11.3 Å². The molecule has 0 fully saturated rings. The van der Waals surface area contributed by atoms with Crippen LogP contribution in [0, 0.1) is 0 Å². The summed E-state index contributed by atoms with van der Waals surface area (Å²) >= 11 is 1.67. The van der Waals surface area contributed by atoms with E-state index in [-0.39, 0.29) is 5.91 Å². The van der Waals surface area contributed by atoms with Gasteiger partial charge in [-0.15, -0.1) is 11.3 Å². The Labute approximate surface area is 172 Å². The van der Waals surface area contributed by atoms with Crippen molar-refractivity contribution in [3.63, 3.8) is 0 Å². The number of nitrogens with one attached hydrogen (secondary N) is 1. The smallest absolute Gasteiger partial charge is 0.232 e. The summed E-state index contributed by atoms with van der Waals surface area (Å²) in [7, 11) is 1.92. The normalized spacial score (nSPS) is 12.7. The molecular weight excluding hydrogens is 382 g/mol. The summed E-state index contributed by atoms with van der Waals surface area (Å²) in [5, 5.41) is 9.67. The Kier molecular flexibility index (Phi) is 4.41. The number of fused-ring (bicyclic) bond motifs is 2. The van der Waals surface area contributed by atoms with Crippen LogP contribution in [0.15, 0.2) is 72.1 Å². The SMILES string of the molecule is Cn1nc(CNC(=O)C2c3ccccc3Oc3ccccc32)cc1-c1cccs1. The van der Waals surface area contributed by atoms with Gasteiger partial charge in [-0.05, 0) is 29.6 Å². The predicted molar refractivity (Wildman–Crippen MR) is 113 cm³/mol. The van der Waals surface area contributed by atoms with Crippen LogP contribution in [0.25, 0.3) is 10.6 Å². The van der Waals surface area contributed by atoms with Crippen molar-refractivity contribution in [2.24, 2.45) is 7.05 Å². The lowest BCUT2D eigenvalue weighted by Crippen LogP contribution is -2.31. The third kappa shape index (κ3) is 3.21. The van der Waals surface area contributed by atoms with Crippen LogP contribution in [-0.2, 0) is 18.4 Å². The van der Waals surface area contributed by atoms with E-state index in [4.69, 9.17) is 4.74 Å². The van der Waals surface area contributed by atoms with Crippen LogP contribution in [-0.4, -0.2) is 15.7 Å². The monoisotopic (exact) mass is 401 g/mol. The van der Waals surface area contributed by atoms with Gasteiger partial charge in [0.15, 0.2) is 0 Å². The maximum absolute atomic E-state index is 13.2. The molecule has 0 unspecified atom stereocenters. The van der Waals surface area contributed by atoms with Crippen LogP contribution in [0.3, 0.4) is 0 Å². The Hall–Kier alpha value is -3.38. The van der Waals surface area contributed by atoms with Crippen molar-refractivity contribution >= 4 is 17.2 Å². The molecule has 144 valence electrons. The number of hydrogen-bond acceptors (Lipinski definition) is 4. The van der Waals surface area contributed by atoms with Gasteiger partial charge in [0.2, 0.25) is 5.91 Å². The Balaban J connectivity index is 1.40.